The number of hydrogen-bond acceptors (Lipinski definition) is 2. The first kappa shape index (κ1) is 13.1. The minimum Gasteiger partial charge on any atom is -0.341 e. The summed E-state index contributed by atoms with van der Waals surface area (Å²) in [6.07, 6.45) is 2.80. The summed E-state index contributed by atoms with van der Waals surface area (Å²) in [6.45, 7) is 3.82. The van der Waals surface area contributed by atoms with Crippen molar-refractivity contribution < 1.29 is 4.79 Å². The van der Waals surface area contributed by atoms with Crippen LogP contribution in [0.1, 0.15) is 24.0 Å². The molecule has 0 bridgehead atoms. The van der Waals surface area contributed by atoms with Crippen LogP contribution in [0.2, 0.25) is 0 Å². The van der Waals surface area contributed by atoms with Crippen LogP contribution in [-0.4, -0.2) is 37.0 Å². The summed E-state index contributed by atoms with van der Waals surface area (Å²) in [5.74, 6) is 0.254. The lowest BCUT2D eigenvalue weighted by atomic mass is 10.0. The van der Waals surface area contributed by atoms with Crippen molar-refractivity contribution in [1.29, 1.82) is 0 Å². The average molecular weight is 246 g/mol. The van der Waals surface area contributed by atoms with Crippen molar-refractivity contribution >= 4 is 5.91 Å². The van der Waals surface area contributed by atoms with Gasteiger partial charge in [0.05, 0.1) is 6.42 Å². The van der Waals surface area contributed by atoms with Gasteiger partial charge < -0.3 is 10.2 Å². The molecule has 1 N–H and O–H groups in total. The number of carbonyl (C=O) groups excluding carboxylic acids is 1. The summed E-state index contributed by atoms with van der Waals surface area (Å²) < 4.78 is 0. The molecule has 2 rings (SSSR count). The molecular weight excluding hydrogens is 224 g/mol. The molecule has 0 spiro atoms. The Hall–Kier alpha value is -1.35. The fourth-order valence-electron chi connectivity index (χ4n) is 2.52. The Balaban J connectivity index is 1.97. The van der Waals surface area contributed by atoms with E-state index in [0.29, 0.717) is 12.5 Å². The number of likely N-dealkylation sites (tertiary alicyclic amines) is 1. The van der Waals surface area contributed by atoms with E-state index in [1.54, 1.807) is 0 Å². The van der Waals surface area contributed by atoms with Crippen LogP contribution < -0.4 is 5.32 Å². The third kappa shape index (κ3) is 3.10. The minimum atomic E-state index is 0.254. The number of aryl methyl sites for hydroxylation is 1. The van der Waals surface area contributed by atoms with Gasteiger partial charge in [0.1, 0.15) is 0 Å². The smallest absolute Gasteiger partial charge is 0.227 e. The normalized spacial score (nSPS) is 19.9. The number of hydrogen-bond donors (Lipinski definition) is 1. The van der Waals surface area contributed by atoms with Crippen LogP contribution in [0.15, 0.2) is 24.3 Å². The van der Waals surface area contributed by atoms with Gasteiger partial charge >= 0.3 is 0 Å². The highest BCUT2D eigenvalue weighted by Crippen LogP contribution is 2.14. The maximum atomic E-state index is 12.3. The summed E-state index contributed by atoms with van der Waals surface area (Å²) in [4.78, 5) is 14.3. The number of nitrogens with zero attached hydrogens (tertiary/aromatic N) is 1. The van der Waals surface area contributed by atoms with Crippen molar-refractivity contribution in [3.63, 3.8) is 0 Å². The first-order valence-electron chi connectivity index (χ1n) is 6.70. The van der Waals surface area contributed by atoms with Gasteiger partial charge in [-0.2, -0.15) is 0 Å². The molecule has 1 aliphatic heterocycles. The zero-order valence-corrected chi connectivity index (χ0v) is 11.3. The lowest BCUT2D eigenvalue weighted by Gasteiger charge is -2.32. The SMILES string of the molecule is CNC1CCCN(C(=O)Cc2ccccc2C)C1. The van der Waals surface area contributed by atoms with Gasteiger partial charge in [0.25, 0.3) is 0 Å². The molecule has 1 atom stereocenters. The molecule has 0 aliphatic carbocycles. The van der Waals surface area contributed by atoms with E-state index in [-0.39, 0.29) is 5.91 Å². The monoisotopic (exact) mass is 246 g/mol. The number of benzene rings is 1. The van der Waals surface area contributed by atoms with Gasteiger partial charge in [-0.05, 0) is 37.9 Å². The summed E-state index contributed by atoms with van der Waals surface area (Å²) in [5.41, 5.74) is 2.35. The van der Waals surface area contributed by atoms with Crippen LogP contribution in [0.5, 0.6) is 0 Å². The second kappa shape index (κ2) is 6.01. The molecule has 1 saturated heterocycles. The zero-order valence-electron chi connectivity index (χ0n) is 11.3. The summed E-state index contributed by atoms with van der Waals surface area (Å²) >= 11 is 0. The van der Waals surface area contributed by atoms with Gasteiger partial charge in [0, 0.05) is 19.1 Å². The maximum absolute atomic E-state index is 12.3. The van der Waals surface area contributed by atoms with Crippen LogP contribution in [0, 0.1) is 6.92 Å². The van der Waals surface area contributed by atoms with E-state index in [9.17, 15) is 4.79 Å². The van der Waals surface area contributed by atoms with E-state index < -0.39 is 0 Å². The molecule has 18 heavy (non-hydrogen) atoms. The first-order chi connectivity index (χ1) is 8.70. The Morgan fingerprint density at radius 1 is 1.44 bits per heavy atom. The van der Waals surface area contributed by atoms with Gasteiger partial charge in [-0.15, -0.1) is 0 Å². The van der Waals surface area contributed by atoms with E-state index in [1.165, 1.54) is 12.0 Å². The van der Waals surface area contributed by atoms with Crippen LogP contribution in [0.4, 0.5) is 0 Å². The Kier molecular flexibility index (Phi) is 4.37. The van der Waals surface area contributed by atoms with Crippen molar-refractivity contribution in [2.24, 2.45) is 0 Å². The van der Waals surface area contributed by atoms with Gasteiger partial charge in [-0.25, -0.2) is 0 Å². The van der Waals surface area contributed by atoms with Gasteiger partial charge in [0.2, 0.25) is 5.91 Å². The van der Waals surface area contributed by atoms with E-state index in [0.717, 1.165) is 25.1 Å². The van der Waals surface area contributed by atoms with Crippen LogP contribution in [0.3, 0.4) is 0 Å². The van der Waals surface area contributed by atoms with Crippen LogP contribution >= 0.6 is 0 Å². The van der Waals surface area contributed by atoms with Crippen LogP contribution in [-0.2, 0) is 11.2 Å². The predicted octanol–water partition coefficient (Wildman–Crippen LogP) is 1.75. The highest BCUT2D eigenvalue weighted by molar-refractivity contribution is 5.79. The highest BCUT2D eigenvalue weighted by atomic mass is 16.2. The average Bonchev–Trinajstić information content (AvgIpc) is 2.41. The molecule has 0 radical (unpaired) electrons. The third-order valence-electron chi connectivity index (χ3n) is 3.79. The Labute approximate surface area is 109 Å². The standard InChI is InChI=1S/C15H22N2O/c1-12-6-3-4-7-13(12)10-15(18)17-9-5-8-14(11-17)16-2/h3-4,6-7,14,16H,5,8-11H2,1-2H3. The van der Waals surface area contributed by atoms with Crippen molar-refractivity contribution in [2.45, 2.75) is 32.2 Å². The maximum Gasteiger partial charge on any atom is 0.227 e. The molecule has 1 aromatic carbocycles. The molecule has 1 amide bonds. The largest absolute Gasteiger partial charge is 0.341 e. The fourth-order valence-corrected chi connectivity index (χ4v) is 2.52. The Bertz CT molecular complexity index is 417. The van der Waals surface area contributed by atoms with E-state index >= 15 is 0 Å². The number of carbonyl (C=O) groups is 1. The lowest BCUT2D eigenvalue weighted by Crippen LogP contribution is -2.47. The minimum absolute atomic E-state index is 0.254. The number of nitrogens with one attached hydrogen (secondary N) is 1. The first-order valence-corrected chi connectivity index (χ1v) is 6.70. The Morgan fingerprint density at radius 3 is 2.94 bits per heavy atom. The zero-order chi connectivity index (χ0) is 13.0. The number of likely N-dealkylation sites (N-methyl/N-ethyl adjacent to an activating group) is 1. The number of amides is 1. The topological polar surface area (TPSA) is 32.3 Å². The van der Waals surface area contributed by atoms with E-state index in [1.807, 2.05) is 30.1 Å². The molecule has 0 saturated carbocycles. The number of piperidine rings is 1. The highest BCUT2D eigenvalue weighted by Gasteiger charge is 2.22. The van der Waals surface area contributed by atoms with Crippen molar-refractivity contribution in [3.05, 3.63) is 35.4 Å². The molecular formula is C15H22N2O. The molecule has 3 heteroatoms. The van der Waals surface area contributed by atoms with Crippen molar-refractivity contribution in [1.82, 2.24) is 10.2 Å². The molecule has 1 aliphatic rings. The summed E-state index contributed by atoms with van der Waals surface area (Å²) in [7, 11) is 1.97. The third-order valence-corrected chi connectivity index (χ3v) is 3.79. The summed E-state index contributed by atoms with van der Waals surface area (Å²) in [6, 6.07) is 8.59. The second-order valence-corrected chi connectivity index (χ2v) is 5.07. The van der Waals surface area contributed by atoms with Crippen LogP contribution in [0.25, 0.3) is 0 Å². The molecule has 0 aromatic heterocycles. The van der Waals surface area contributed by atoms with Gasteiger partial charge in [-0.1, -0.05) is 24.3 Å². The lowest BCUT2D eigenvalue weighted by molar-refractivity contribution is -0.131. The molecule has 1 aromatic rings. The summed E-state index contributed by atoms with van der Waals surface area (Å²) in [5, 5.41) is 3.27. The van der Waals surface area contributed by atoms with Crippen molar-refractivity contribution in [2.75, 3.05) is 20.1 Å². The van der Waals surface area contributed by atoms with E-state index in [2.05, 4.69) is 18.3 Å². The fraction of sp³-hybridized carbons (Fsp3) is 0.533. The molecule has 98 valence electrons. The quantitative estimate of drug-likeness (QED) is 0.881. The van der Waals surface area contributed by atoms with Crippen molar-refractivity contribution in [3.8, 4) is 0 Å². The van der Waals surface area contributed by atoms with Gasteiger partial charge in [0.15, 0.2) is 0 Å². The van der Waals surface area contributed by atoms with E-state index in [4.69, 9.17) is 0 Å². The molecule has 1 heterocycles. The van der Waals surface area contributed by atoms with Gasteiger partial charge in [-0.3, -0.25) is 4.79 Å². The molecule has 1 fully saturated rings. The number of rotatable bonds is 3. The molecule has 3 nitrogen and oxygen atoms in total. The second-order valence-electron chi connectivity index (χ2n) is 5.07. The Morgan fingerprint density at radius 2 is 2.22 bits per heavy atom. The predicted molar refractivity (Wildman–Crippen MR) is 73.5 cm³/mol. The molecule has 1 unspecified atom stereocenters.